The maximum Gasteiger partial charge on any atom is 0.0239 e. The summed E-state index contributed by atoms with van der Waals surface area (Å²) in [5, 5.41) is 0. The largest absolute Gasteiger partial charge is 0.500 e. The predicted octanol–water partition coefficient (Wildman–Crippen LogP) is 18.5. The molecule has 0 amide bonds. The molecule has 0 aliphatic carbocycles. The predicted molar refractivity (Wildman–Crippen MR) is 318 cm³/mol. The molecule has 5 heteroatoms. The number of hydrogen-bond donors (Lipinski definition) is 0. The molecule has 2 aromatic heterocycles. The van der Waals surface area contributed by atoms with E-state index in [-0.39, 0.29) is 20.1 Å². The third-order valence-electron chi connectivity index (χ3n) is 14.3. The van der Waals surface area contributed by atoms with Gasteiger partial charge in [-0.05, 0) is 126 Å². The van der Waals surface area contributed by atoms with Gasteiger partial charge in [-0.15, -0.1) is 95.3 Å². The molecule has 0 saturated heterocycles. The summed E-state index contributed by atoms with van der Waals surface area (Å²) in [6.45, 7) is 2.08. The Bertz CT molecular complexity index is 4030. The molecule has 1 aliphatic rings. The Morgan fingerprint density at radius 1 is 0.308 bits per heavy atom. The van der Waals surface area contributed by atoms with Gasteiger partial charge in [0.2, 0.25) is 0 Å². The average molecular weight is 1170 g/mol. The average Bonchev–Trinajstić information content (AvgIpc) is 4.07. The van der Waals surface area contributed by atoms with E-state index in [9.17, 15) is 0 Å². The van der Waals surface area contributed by atoms with Crippen LogP contribution in [0.3, 0.4) is 0 Å². The number of rotatable bonds is 12. The zero-order chi connectivity index (χ0) is 51.3. The second kappa shape index (κ2) is 22.4. The van der Waals surface area contributed by atoms with Gasteiger partial charge in [-0.2, -0.15) is 18.2 Å². The van der Waals surface area contributed by atoms with Crippen LogP contribution in [0, 0.1) is 24.9 Å². The standard InChI is InChI=1S/C73H48N4.Ir/c1-4-17-52(18-5-1)53-31-33-54(34-32-53)57-21-16-22-58(45-57)73-42-38-60(50-75-73)68-27-12-15-30-71(68)63-47-61(46-62(48-63)70-29-14-11-26-67(70)59-37-41-72(74-49-59)56-19-6-2-7-20-56)69-28-13-10-25-66(69)55-35-39-65(40-36-55)77-44-43-76(51-77)64-23-8-3-9-24-64;/h1-19,21,23-39,41-51H;/q-4;. The third-order valence-corrected chi connectivity index (χ3v) is 14.3. The van der Waals surface area contributed by atoms with Crippen LogP contribution in [-0.4, -0.2) is 9.97 Å². The van der Waals surface area contributed by atoms with Crippen LogP contribution in [0.4, 0.5) is 11.4 Å². The Morgan fingerprint density at radius 2 is 0.756 bits per heavy atom. The van der Waals surface area contributed by atoms with Gasteiger partial charge in [0.15, 0.2) is 0 Å². The molecule has 1 aliphatic heterocycles. The summed E-state index contributed by atoms with van der Waals surface area (Å²) in [4.78, 5) is 14.2. The molecule has 12 aromatic rings. The molecule has 3 heterocycles. The van der Waals surface area contributed by atoms with Crippen LogP contribution in [0.25, 0.3) is 112 Å². The summed E-state index contributed by atoms with van der Waals surface area (Å²) in [5.74, 6) is 0. The van der Waals surface area contributed by atoms with E-state index >= 15 is 0 Å². The summed E-state index contributed by atoms with van der Waals surface area (Å²) >= 11 is 0. The van der Waals surface area contributed by atoms with E-state index in [0.29, 0.717) is 0 Å². The SMILES string of the molecule is [Ir].[c-]1ccccc1-c1ccc(-c2ccccc2-c2cc(-c3ccccc3-c3c[c-]c(N4C=CN(c5ccccc5)[CH-]4)cc3)cc(-c3ccccc3-c3ccc(-c4[c-]ccc(-c5ccc(-c6ccccc6)cc5)c4)nc3)c2)cn1. The van der Waals surface area contributed by atoms with Crippen LogP contribution in [0.2, 0.25) is 0 Å². The molecule has 0 atom stereocenters. The Kier molecular flexibility index (Phi) is 14.2. The molecule has 78 heavy (non-hydrogen) atoms. The monoisotopic (exact) mass is 1170 g/mol. The molecule has 0 saturated carbocycles. The smallest absolute Gasteiger partial charge is 0.0239 e. The minimum Gasteiger partial charge on any atom is -0.500 e. The van der Waals surface area contributed by atoms with Crippen molar-refractivity contribution in [3.05, 3.63) is 311 Å². The van der Waals surface area contributed by atoms with Gasteiger partial charge in [0.25, 0.3) is 0 Å². The van der Waals surface area contributed by atoms with E-state index in [0.717, 1.165) is 112 Å². The van der Waals surface area contributed by atoms with Gasteiger partial charge in [0, 0.05) is 38.2 Å². The Balaban J connectivity index is 0.00000609. The maximum atomic E-state index is 5.09. The van der Waals surface area contributed by atoms with Crippen molar-refractivity contribution in [3.63, 3.8) is 0 Å². The molecule has 0 bridgehead atoms. The van der Waals surface area contributed by atoms with Crippen molar-refractivity contribution >= 4 is 11.4 Å². The first-order valence-electron chi connectivity index (χ1n) is 25.8. The van der Waals surface area contributed by atoms with Crippen molar-refractivity contribution in [2.24, 2.45) is 0 Å². The van der Waals surface area contributed by atoms with Gasteiger partial charge in [0.05, 0.1) is 0 Å². The summed E-state index contributed by atoms with van der Waals surface area (Å²) < 4.78 is 0. The number of nitrogens with zero attached hydrogens (tertiary/aromatic N) is 4. The van der Waals surface area contributed by atoms with E-state index in [4.69, 9.17) is 9.97 Å². The second-order valence-electron chi connectivity index (χ2n) is 19.0. The zero-order valence-corrected chi connectivity index (χ0v) is 44.7. The summed E-state index contributed by atoms with van der Waals surface area (Å²) in [5.41, 5.74) is 23.5. The summed E-state index contributed by atoms with van der Waals surface area (Å²) in [7, 11) is 0. The first-order valence-corrected chi connectivity index (χ1v) is 25.8. The van der Waals surface area contributed by atoms with Gasteiger partial charge < -0.3 is 19.8 Å². The van der Waals surface area contributed by atoms with Crippen molar-refractivity contribution in [1.29, 1.82) is 0 Å². The minimum absolute atomic E-state index is 0. The first-order chi connectivity index (χ1) is 38.1. The van der Waals surface area contributed by atoms with E-state index in [2.05, 4.69) is 265 Å². The number of hydrogen-bond acceptors (Lipinski definition) is 4. The number of aromatic nitrogens is 2. The molecule has 13 rings (SSSR count). The normalized spacial score (nSPS) is 11.8. The fourth-order valence-corrected chi connectivity index (χ4v) is 10.3. The molecular weight excluding hydrogens is 1130 g/mol. The van der Waals surface area contributed by atoms with Crippen LogP contribution < -0.4 is 9.80 Å². The van der Waals surface area contributed by atoms with Crippen LogP contribution in [0.1, 0.15) is 0 Å². The van der Waals surface area contributed by atoms with Crippen molar-refractivity contribution in [2.45, 2.75) is 0 Å². The number of benzene rings is 10. The fraction of sp³-hybridized carbons (Fsp3) is 0. The quantitative estimate of drug-likeness (QED) is 0.114. The van der Waals surface area contributed by atoms with Crippen molar-refractivity contribution in [1.82, 2.24) is 9.97 Å². The molecule has 0 spiro atoms. The van der Waals surface area contributed by atoms with Crippen LogP contribution >= 0.6 is 0 Å². The number of pyridine rings is 2. The number of anilines is 2. The molecule has 4 nitrogen and oxygen atoms in total. The van der Waals surface area contributed by atoms with E-state index in [1.807, 2.05) is 54.9 Å². The van der Waals surface area contributed by atoms with E-state index in [1.54, 1.807) is 0 Å². The first kappa shape index (κ1) is 49.4. The minimum atomic E-state index is 0. The van der Waals surface area contributed by atoms with Gasteiger partial charge in [0.1, 0.15) is 0 Å². The molecule has 0 unspecified atom stereocenters. The van der Waals surface area contributed by atoms with Gasteiger partial charge in [-0.1, -0.05) is 175 Å². The molecule has 0 N–H and O–H groups in total. The molecule has 0 fully saturated rings. The van der Waals surface area contributed by atoms with E-state index < -0.39 is 0 Å². The molecule has 10 aromatic carbocycles. The maximum absolute atomic E-state index is 5.09. The second-order valence-corrected chi connectivity index (χ2v) is 19.0. The van der Waals surface area contributed by atoms with Gasteiger partial charge in [-0.25, -0.2) is 0 Å². The third kappa shape index (κ3) is 10.3. The van der Waals surface area contributed by atoms with Gasteiger partial charge in [-0.3, -0.25) is 0 Å². The zero-order valence-electron chi connectivity index (χ0n) is 42.3. The van der Waals surface area contributed by atoms with Crippen molar-refractivity contribution < 1.29 is 20.1 Å². The molecule has 1 radical (unpaired) electrons. The fourth-order valence-electron chi connectivity index (χ4n) is 10.3. The van der Waals surface area contributed by atoms with Gasteiger partial charge >= 0.3 is 0 Å². The van der Waals surface area contributed by atoms with Crippen molar-refractivity contribution in [3.8, 4) is 112 Å². The Morgan fingerprint density at radius 3 is 1.28 bits per heavy atom. The van der Waals surface area contributed by atoms with Crippen molar-refractivity contribution in [2.75, 3.05) is 9.80 Å². The van der Waals surface area contributed by atoms with E-state index in [1.165, 1.54) is 11.1 Å². The molecule has 373 valence electrons. The Hall–Kier alpha value is -9.51. The number of para-hydroxylation sites is 1. The topological polar surface area (TPSA) is 32.3 Å². The summed E-state index contributed by atoms with van der Waals surface area (Å²) in [6.07, 6.45) is 8.11. The van der Waals surface area contributed by atoms with Crippen LogP contribution in [0.15, 0.2) is 286 Å². The summed E-state index contributed by atoms with van der Waals surface area (Å²) in [6, 6.07) is 102. The Labute approximate surface area is 470 Å². The van der Waals surface area contributed by atoms with Crippen LogP contribution in [-0.2, 0) is 20.1 Å². The van der Waals surface area contributed by atoms with Crippen LogP contribution in [0.5, 0.6) is 0 Å². The molecular formula is C73H48IrN4-4.